The first-order valence-electron chi connectivity index (χ1n) is 7.45. The lowest BCUT2D eigenvalue weighted by molar-refractivity contribution is 0.0774. The second kappa shape index (κ2) is 7.43. The highest BCUT2D eigenvalue weighted by molar-refractivity contribution is 5.94. The minimum Gasteiger partial charge on any atom is -0.496 e. The molecule has 1 aliphatic heterocycles. The van der Waals surface area contributed by atoms with Crippen molar-refractivity contribution in [3.05, 3.63) is 29.3 Å². The van der Waals surface area contributed by atoms with E-state index in [0.717, 1.165) is 50.6 Å². The van der Waals surface area contributed by atoms with E-state index in [4.69, 9.17) is 4.74 Å². The highest BCUT2D eigenvalue weighted by Gasteiger charge is 2.15. The fourth-order valence-electron chi connectivity index (χ4n) is 2.50. The summed E-state index contributed by atoms with van der Waals surface area (Å²) >= 11 is 0. The molecule has 1 N–H and O–H groups in total. The minimum absolute atomic E-state index is 0.0448. The van der Waals surface area contributed by atoms with Crippen LogP contribution in [0, 0.1) is 6.92 Å². The quantitative estimate of drug-likeness (QED) is 0.878. The average Bonchev–Trinajstić information content (AvgIpc) is 2.53. The molecule has 0 aromatic heterocycles. The van der Waals surface area contributed by atoms with E-state index >= 15 is 0 Å². The van der Waals surface area contributed by atoms with Gasteiger partial charge in [-0.25, -0.2) is 0 Å². The lowest BCUT2D eigenvalue weighted by Gasteiger charge is -2.29. The van der Waals surface area contributed by atoms with Crippen LogP contribution in [-0.4, -0.2) is 69.1 Å². The number of rotatable bonds is 5. The summed E-state index contributed by atoms with van der Waals surface area (Å²) in [5, 5.41) is 3.33. The van der Waals surface area contributed by atoms with Crippen molar-refractivity contribution in [2.45, 2.75) is 6.92 Å². The van der Waals surface area contributed by atoms with Crippen LogP contribution in [0.15, 0.2) is 18.2 Å². The summed E-state index contributed by atoms with van der Waals surface area (Å²) in [7, 11) is 3.49. The number of benzene rings is 1. The molecule has 1 aromatic rings. The molecule has 0 atom stereocenters. The van der Waals surface area contributed by atoms with Gasteiger partial charge in [0, 0.05) is 51.9 Å². The van der Waals surface area contributed by atoms with Gasteiger partial charge in [0.1, 0.15) is 5.75 Å². The molecule has 1 heterocycles. The van der Waals surface area contributed by atoms with Crippen LogP contribution in [0.25, 0.3) is 0 Å². The molecule has 5 nitrogen and oxygen atoms in total. The highest BCUT2D eigenvalue weighted by Crippen LogP contribution is 2.19. The van der Waals surface area contributed by atoms with Crippen molar-refractivity contribution in [1.82, 2.24) is 15.1 Å². The molecular formula is C16H25N3O2. The number of hydrogen-bond donors (Lipinski definition) is 1. The van der Waals surface area contributed by atoms with Crippen LogP contribution >= 0.6 is 0 Å². The monoisotopic (exact) mass is 291 g/mol. The Kier molecular flexibility index (Phi) is 5.59. The Morgan fingerprint density at radius 2 is 2.10 bits per heavy atom. The number of methoxy groups -OCH3 is 1. The van der Waals surface area contributed by atoms with Crippen molar-refractivity contribution in [2.75, 3.05) is 53.4 Å². The van der Waals surface area contributed by atoms with Gasteiger partial charge in [0.2, 0.25) is 0 Å². The van der Waals surface area contributed by atoms with Gasteiger partial charge < -0.3 is 15.0 Å². The zero-order chi connectivity index (χ0) is 15.2. The Balaban J connectivity index is 1.92. The lowest BCUT2D eigenvalue weighted by atomic mass is 10.1. The molecule has 0 unspecified atom stereocenters. The van der Waals surface area contributed by atoms with E-state index < -0.39 is 0 Å². The van der Waals surface area contributed by atoms with Crippen molar-refractivity contribution < 1.29 is 9.53 Å². The molecule has 0 radical (unpaired) electrons. The summed E-state index contributed by atoms with van der Waals surface area (Å²) in [5.41, 5.74) is 1.72. The molecule has 1 saturated heterocycles. The second-order valence-electron chi connectivity index (χ2n) is 5.50. The topological polar surface area (TPSA) is 44.8 Å². The molecule has 116 valence electrons. The third kappa shape index (κ3) is 4.19. The first kappa shape index (κ1) is 15.8. The summed E-state index contributed by atoms with van der Waals surface area (Å²) in [6, 6.07) is 5.61. The predicted molar refractivity (Wildman–Crippen MR) is 84.0 cm³/mol. The van der Waals surface area contributed by atoms with Crippen LogP contribution in [0.1, 0.15) is 15.9 Å². The lowest BCUT2D eigenvalue weighted by Crippen LogP contribution is -2.46. The average molecular weight is 291 g/mol. The second-order valence-corrected chi connectivity index (χ2v) is 5.50. The number of nitrogens with one attached hydrogen (secondary N) is 1. The number of ether oxygens (including phenoxy) is 1. The first-order valence-corrected chi connectivity index (χ1v) is 7.45. The predicted octanol–water partition coefficient (Wildman–Crippen LogP) is 0.981. The molecule has 21 heavy (non-hydrogen) atoms. The smallest absolute Gasteiger partial charge is 0.253 e. The molecule has 1 aliphatic rings. The minimum atomic E-state index is 0.0448. The number of carbonyl (C=O) groups excluding carboxylic acids is 1. The van der Waals surface area contributed by atoms with E-state index in [-0.39, 0.29) is 5.91 Å². The fraction of sp³-hybridized carbons (Fsp3) is 0.562. The van der Waals surface area contributed by atoms with E-state index in [0.29, 0.717) is 5.56 Å². The van der Waals surface area contributed by atoms with E-state index in [9.17, 15) is 4.79 Å². The maximum atomic E-state index is 12.4. The van der Waals surface area contributed by atoms with Crippen molar-refractivity contribution >= 4 is 5.91 Å². The highest BCUT2D eigenvalue weighted by atomic mass is 16.5. The zero-order valence-corrected chi connectivity index (χ0v) is 13.2. The summed E-state index contributed by atoms with van der Waals surface area (Å²) in [5.74, 6) is 0.805. The molecule has 1 aromatic carbocycles. The summed E-state index contributed by atoms with van der Waals surface area (Å²) in [6.07, 6.45) is 0. The SMILES string of the molecule is COc1cc(C(=O)N(C)CCN2CCNCC2)ccc1C. The molecule has 1 amide bonds. The van der Waals surface area contributed by atoms with Crippen LogP contribution in [0.5, 0.6) is 5.75 Å². The largest absolute Gasteiger partial charge is 0.496 e. The standard InChI is InChI=1S/C16H25N3O2/c1-13-4-5-14(12-15(13)21-3)16(20)18(2)10-11-19-8-6-17-7-9-19/h4-5,12,17H,6-11H2,1-3H3. The van der Waals surface area contributed by atoms with Crippen LogP contribution in [0.4, 0.5) is 0 Å². The van der Waals surface area contributed by atoms with Gasteiger partial charge in [0.15, 0.2) is 0 Å². The van der Waals surface area contributed by atoms with Crippen molar-refractivity contribution in [1.29, 1.82) is 0 Å². The van der Waals surface area contributed by atoms with Gasteiger partial charge in [-0.3, -0.25) is 9.69 Å². The summed E-state index contributed by atoms with van der Waals surface area (Å²) in [4.78, 5) is 16.6. The first-order chi connectivity index (χ1) is 10.1. The van der Waals surface area contributed by atoms with Crippen LogP contribution in [0.3, 0.4) is 0 Å². The Morgan fingerprint density at radius 1 is 1.38 bits per heavy atom. The van der Waals surface area contributed by atoms with Crippen molar-refractivity contribution in [3.8, 4) is 5.75 Å². The number of piperazine rings is 1. The van der Waals surface area contributed by atoms with Gasteiger partial charge in [-0.05, 0) is 24.6 Å². The van der Waals surface area contributed by atoms with Crippen LogP contribution in [0.2, 0.25) is 0 Å². The van der Waals surface area contributed by atoms with E-state index in [1.807, 2.05) is 32.2 Å². The maximum absolute atomic E-state index is 12.4. The Morgan fingerprint density at radius 3 is 2.76 bits per heavy atom. The third-order valence-electron chi connectivity index (χ3n) is 3.96. The molecule has 1 fully saturated rings. The van der Waals surface area contributed by atoms with E-state index in [1.54, 1.807) is 12.0 Å². The maximum Gasteiger partial charge on any atom is 0.253 e. The number of nitrogens with zero attached hydrogens (tertiary/aromatic N) is 2. The van der Waals surface area contributed by atoms with Gasteiger partial charge in [-0.1, -0.05) is 6.07 Å². The van der Waals surface area contributed by atoms with Gasteiger partial charge in [0.25, 0.3) is 5.91 Å². The molecular weight excluding hydrogens is 266 g/mol. The van der Waals surface area contributed by atoms with Crippen molar-refractivity contribution in [2.24, 2.45) is 0 Å². The Bertz CT molecular complexity index is 484. The van der Waals surface area contributed by atoms with Crippen LogP contribution in [-0.2, 0) is 0 Å². The molecule has 0 bridgehead atoms. The number of likely N-dealkylation sites (N-methyl/N-ethyl adjacent to an activating group) is 1. The van der Waals surface area contributed by atoms with Crippen molar-refractivity contribution in [3.63, 3.8) is 0 Å². The van der Waals surface area contributed by atoms with E-state index in [1.165, 1.54) is 0 Å². The number of hydrogen-bond acceptors (Lipinski definition) is 4. The third-order valence-corrected chi connectivity index (χ3v) is 3.96. The molecule has 0 saturated carbocycles. The van der Waals surface area contributed by atoms with Crippen LogP contribution < -0.4 is 10.1 Å². The number of carbonyl (C=O) groups is 1. The van der Waals surface area contributed by atoms with E-state index in [2.05, 4.69) is 10.2 Å². The number of aryl methyl sites for hydroxylation is 1. The van der Waals surface area contributed by atoms with Gasteiger partial charge >= 0.3 is 0 Å². The Hall–Kier alpha value is -1.59. The molecule has 0 aliphatic carbocycles. The molecule has 2 rings (SSSR count). The summed E-state index contributed by atoms with van der Waals surface area (Å²) < 4.78 is 5.28. The number of amides is 1. The fourth-order valence-corrected chi connectivity index (χ4v) is 2.50. The molecule has 0 spiro atoms. The molecule has 5 heteroatoms. The summed E-state index contributed by atoms with van der Waals surface area (Å²) in [6.45, 7) is 7.82. The Labute approximate surface area is 126 Å². The zero-order valence-electron chi connectivity index (χ0n) is 13.2. The van der Waals surface area contributed by atoms with Gasteiger partial charge in [-0.15, -0.1) is 0 Å². The van der Waals surface area contributed by atoms with Gasteiger partial charge in [-0.2, -0.15) is 0 Å². The van der Waals surface area contributed by atoms with Gasteiger partial charge in [0.05, 0.1) is 7.11 Å². The normalized spacial score (nSPS) is 15.8.